The molecule has 0 aliphatic heterocycles. The van der Waals surface area contributed by atoms with Crippen molar-refractivity contribution in [1.82, 2.24) is 14.9 Å². The predicted octanol–water partition coefficient (Wildman–Crippen LogP) is 7.62. The molecule has 36 heavy (non-hydrogen) atoms. The van der Waals surface area contributed by atoms with Crippen LogP contribution in [0.2, 0.25) is 0 Å². The highest BCUT2D eigenvalue weighted by atomic mass is 16.2. The fraction of sp³-hybridized carbons (Fsp3) is 0.833. The van der Waals surface area contributed by atoms with E-state index in [1.807, 2.05) is 4.90 Å². The van der Waals surface area contributed by atoms with E-state index >= 15 is 0 Å². The molecule has 0 saturated heterocycles. The topological polar surface area (TPSA) is 86.0 Å². The Morgan fingerprint density at radius 1 is 0.639 bits per heavy atom. The Balaban J connectivity index is 2.34. The molecular weight excluding hydrogens is 450 g/mol. The highest BCUT2D eigenvalue weighted by Crippen LogP contribution is 2.14. The SMILES string of the molecule is CCCCCCCCCCCCCN(Cc1cc(=O)[nH]c(=O)[nH]1)C(=O)CCCCCCCCCCC. The van der Waals surface area contributed by atoms with Gasteiger partial charge in [0.15, 0.2) is 0 Å². The quantitative estimate of drug-likeness (QED) is 0.142. The van der Waals surface area contributed by atoms with E-state index in [0.29, 0.717) is 25.2 Å². The van der Waals surface area contributed by atoms with Gasteiger partial charge in [-0.05, 0) is 12.8 Å². The van der Waals surface area contributed by atoms with Gasteiger partial charge in [0.1, 0.15) is 0 Å². The van der Waals surface area contributed by atoms with Gasteiger partial charge in [0.05, 0.1) is 6.54 Å². The summed E-state index contributed by atoms with van der Waals surface area (Å²) in [4.78, 5) is 43.1. The van der Waals surface area contributed by atoms with Crippen LogP contribution in [-0.4, -0.2) is 27.3 Å². The van der Waals surface area contributed by atoms with Gasteiger partial charge in [-0.3, -0.25) is 14.6 Å². The van der Waals surface area contributed by atoms with E-state index in [4.69, 9.17) is 0 Å². The van der Waals surface area contributed by atoms with Crippen molar-refractivity contribution >= 4 is 5.91 Å². The molecule has 1 amide bonds. The van der Waals surface area contributed by atoms with Gasteiger partial charge in [-0.25, -0.2) is 4.79 Å². The summed E-state index contributed by atoms with van der Waals surface area (Å²) in [6.07, 6.45) is 25.5. The van der Waals surface area contributed by atoms with Gasteiger partial charge >= 0.3 is 5.69 Å². The number of carbonyl (C=O) groups excluding carboxylic acids is 1. The molecule has 0 spiro atoms. The minimum absolute atomic E-state index is 0.131. The molecule has 0 aliphatic rings. The molecule has 1 aromatic rings. The van der Waals surface area contributed by atoms with Crippen LogP contribution in [0, 0.1) is 0 Å². The normalized spacial score (nSPS) is 11.2. The molecule has 0 fully saturated rings. The number of amides is 1. The first kappa shape index (κ1) is 32.2. The summed E-state index contributed by atoms with van der Waals surface area (Å²) >= 11 is 0. The van der Waals surface area contributed by atoms with Crippen LogP contribution in [0.25, 0.3) is 0 Å². The number of rotatable bonds is 24. The molecular formula is C30H55N3O3. The van der Waals surface area contributed by atoms with Crippen LogP contribution < -0.4 is 11.2 Å². The minimum atomic E-state index is -0.515. The van der Waals surface area contributed by atoms with Crippen molar-refractivity contribution in [3.63, 3.8) is 0 Å². The van der Waals surface area contributed by atoms with Gasteiger partial charge in [0.2, 0.25) is 5.91 Å². The second-order valence-electron chi connectivity index (χ2n) is 10.5. The van der Waals surface area contributed by atoms with Gasteiger partial charge < -0.3 is 9.88 Å². The third-order valence-electron chi connectivity index (χ3n) is 7.06. The Morgan fingerprint density at radius 3 is 1.56 bits per heavy atom. The zero-order valence-corrected chi connectivity index (χ0v) is 23.5. The number of unbranched alkanes of at least 4 members (excludes halogenated alkanes) is 18. The Kier molecular flexibility index (Phi) is 20.0. The molecule has 0 radical (unpaired) electrons. The second kappa shape index (κ2) is 22.4. The number of nitrogens with one attached hydrogen (secondary N) is 2. The molecule has 6 heteroatoms. The van der Waals surface area contributed by atoms with E-state index in [0.717, 1.165) is 25.7 Å². The van der Waals surface area contributed by atoms with Crippen molar-refractivity contribution in [3.05, 3.63) is 32.6 Å². The van der Waals surface area contributed by atoms with Gasteiger partial charge in [-0.1, -0.05) is 129 Å². The smallest absolute Gasteiger partial charge is 0.325 e. The number of hydrogen-bond acceptors (Lipinski definition) is 3. The maximum atomic E-state index is 13.0. The second-order valence-corrected chi connectivity index (χ2v) is 10.5. The maximum Gasteiger partial charge on any atom is 0.325 e. The average molecular weight is 506 g/mol. The summed E-state index contributed by atoms with van der Waals surface area (Å²) in [7, 11) is 0. The van der Waals surface area contributed by atoms with Crippen LogP contribution in [0.3, 0.4) is 0 Å². The molecule has 1 heterocycles. The number of hydrogen-bond donors (Lipinski definition) is 2. The monoisotopic (exact) mass is 505 g/mol. The summed E-state index contributed by atoms with van der Waals surface area (Å²) in [5, 5.41) is 0. The molecule has 0 aromatic carbocycles. The first-order valence-corrected chi connectivity index (χ1v) is 15.2. The Labute approximate surface area is 220 Å². The molecule has 0 unspecified atom stereocenters. The van der Waals surface area contributed by atoms with E-state index in [1.165, 1.54) is 109 Å². The molecule has 1 aromatic heterocycles. The highest BCUT2D eigenvalue weighted by Gasteiger charge is 2.14. The van der Waals surface area contributed by atoms with Crippen LogP contribution in [0.4, 0.5) is 0 Å². The summed E-state index contributed by atoms with van der Waals surface area (Å²) in [5.41, 5.74) is -0.430. The van der Waals surface area contributed by atoms with Crippen LogP contribution in [0.15, 0.2) is 15.7 Å². The lowest BCUT2D eigenvalue weighted by molar-refractivity contribution is -0.132. The Bertz CT molecular complexity index is 743. The molecule has 2 N–H and O–H groups in total. The van der Waals surface area contributed by atoms with Crippen LogP contribution in [0.1, 0.15) is 154 Å². The lowest BCUT2D eigenvalue weighted by Gasteiger charge is -2.23. The predicted molar refractivity (Wildman–Crippen MR) is 151 cm³/mol. The van der Waals surface area contributed by atoms with Crippen LogP contribution in [-0.2, 0) is 11.3 Å². The summed E-state index contributed by atoms with van der Waals surface area (Å²) in [5.74, 6) is 0.131. The average Bonchev–Trinajstić information content (AvgIpc) is 2.84. The summed E-state index contributed by atoms with van der Waals surface area (Å²) in [6, 6.07) is 1.39. The van der Waals surface area contributed by atoms with E-state index in [-0.39, 0.29) is 5.91 Å². The van der Waals surface area contributed by atoms with E-state index in [1.54, 1.807) is 0 Å². The number of aromatic amines is 2. The van der Waals surface area contributed by atoms with Crippen molar-refractivity contribution in [2.75, 3.05) is 6.54 Å². The largest absolute Gasteiger partial charge is 0.337 e. The minimum Gasteiger partial charge on any atom is -0.337 e. The van der Waals surface area contributed by atoms with Crippen molar-refractivity contribution in [2.45, 2.75) is 155 Å². The third kappa shape index (κ3) is 17.6. The standard InChI is InChI=1S/C30H55N3O3/c1-3-5-7-9-11-13-14-16-18-20-22-24-33(26-27-25-28(34)32-30(36)31-27)29(35)23-21-19-17-15-12-10-8-6-4-2/h25H,3-24,26H2,1-2H3,(H2,31,32,34,36). The Hall–Kier alpha value is -1.85. The van der Waals surface area contributed by atoms with Crippen LogP contribution >= 0.6 is 0 Å². The van der Waals surface area contributed by atoms with Gasteiger partial charge in [-0.15, -0.1) is 0 Å². The number of aromatic nitrogens is 2. The molecule has 0 saturated carbocycles. The molecule has 6 nitrogen and oxygen atoms in total. The van der Waals surface area contributed by atoms with Gasteiger partial charge in [0.25, 0.3) is 5.56 Å². The highest BCUT2D eigenvalue weighted by molar-refractivity contribution is 5.76. The summed E-state index contributed by atoms with van der Waals surface area (Å²) in [6.45, 7) is 5.48. The fourth-order valence-corrected chi connectivity index (χ4v) is 4.81. The zero-order chi connectivity index (χ0) is 26.3. The number of carbonyl (C=O) groups is 1. The van der Waals surface area contributed by atoms with E-state index in [2.05, 4.69) is 23.8 Å². The lowest BCUT2D eigenvalue weighted by atomic mass is 10.1. The third-order valence-corrected chi connectivity index (χ3v) is 7.06. The van der Waals surface area contributed by atoms with Gasteiger partial charge in [-0.2, -0.15) is 0 Å². The van der Waals surface area contributed by atoms with Crippen molar-refractivity contribution in [1.29, 1.82) is 0 Å². The lowest BCUT2D eigenvalue weighted by Crippen LogP contribution is -2.33. The van der Waals surface area contributed by atoms with Crippen LogP contribution in [0.5, 0.6) is 0 Å². The van der Waals surface area contributed by atoms with Crippen molar-refractivity contribution in [2.24, 2.45) is 0 Å². The van der Waals surface area contributed by atoms with Crippen molar-refractivity contribution in [3.8, 4) is 0 Å². The molecule has 0 bridgehead atoms. The first-order chi connectivity index (χ1) is 17.6. The zero-order valence-electron chi connectivity index (χ0n) is 23.5. The molecule has 1 rings (SSSR count). The molecule has 0 aliphatic carbocycles. The number of H-pyrrole nitrogens is 2. The maximum absolute atomic E-state index is 13.0. The number of nitrogens with zero attached hydrogens (tertiary/aromatic N) is 1. The molecule has 208 valence electrons. The fourth-order valence-electron chi connectivity index (χ4n) is 4.81. The van der Waals surface area contributed by atoms with Gasteiger partial charge in [0, 0.05) is 24.7 Å². The molecule has 0 atom stereocenters. The first-order valence-electron chi connectivity index (χ1n) is 15.2. The van der Waals surface area contributed by atoms with E-state index < -0.39 is 11.2 Å². The summed E-state index contributed by atoms with van der Waals surface area (Å²) < 4.78 is 0. The van der Waals surface area contributed by atoms with Crippen molar-refractivity contribution < 1.29 is 4.79 Å². The Morgan fingerprint density at radius 2 is 1.08 bits per heavy atom. The van der Waals surface area contributed by atoms with E-state index in [9.17, 15) is 14.4 Å².